The molecule has 1 aromatic heterocycles. The molecule has 1 atom stereocenters. The van der Waals surface area contributed by atoms with Crippen molar-refractivity contribution in [2.24, 2.45) is 0 Å². The van der Waals surface area contributed by atoms with Gasteiger partial charge >= 0.3 is 6.61 Å². The third kappa shape index (κ3) is 5.37. The molecule has 0 bridgehead atoms. The zero-order valence-electron chi connectivity index (χ0n) is 11.5. The van der Waals surface area contributed by atoms with E-state index in [4.69, 9.17) is 0 Å². The average molecular weight is 376 g/mol. The zero-order chi connectivity index (χ0) is 15.2. The van der Waals surface area contributed by atoms with E-state index >= 15 is 0 Å². The quantitative estimate of drug-likeness (QED) is 0.734. The third-order valence-electron chi connectivity index (χ3n) is 3.06. The molecule has 0 spiro atoms. The Morgan fingerprint density at radius 3 is 2.48 bits per heavy atom. The molecule has 1 N–H and O–H groups in total. The lowest BCUT2D eigenvalue weighted by Gasteiger charge is -2.14. The smallest absolute Gasteiger partial charge is 0.387 e. The molecule has 1 aromatic carbocycles. The van der Waals surface area contributed by atoms with Crippen molar-refractivity contribution in [3.63, 3.8) is 0 Å². The first kappa shape index (κ1) is 16.4. The maximum atomic E-state index is 12.1. The lowest BCUT2D eigenvalue weighted by molar-refractivity contribution is -0.0498. The highest BCUT2D eigenvalue weighted by atomic mass is 79.9. The number of hydrogen-bond donors (Lipinski definition) is 1. The molecule has 0 aliphatic carbocycles. The molecule has 2 rings (SSSR count). The van der Waals surface area contributed by atoms with Gasteiger partial charge in [-0.2, -0.15) is 8.78 Å². The van der Waals surface area contributed by atoms with Crippen molar-refractivity contribution < 1.29 is 13.5 Å². The highest BCUT2D eigenvalue weighted by molar-refractivity contribution is 9.11. The predicted molar refractivity (Wildman–Crippen MR) is 85.2 cm³/mol. The minimum atomic E-state index is -2.78. The van der Waals surface area contributed by atoms with E-state index in [9.17, 15) is 8.78 Å². The first-order chi connectivity index (χ1) is 10.0. The van der Waals surface area contributed by atoms with Crippen LogP contribution in [0.5, 0.6) is 5.75 Å². The summed E-state index contributed by atoms with van der Waals surface area (Å²) in [6.45, 7) is 0.132. The van der Waals surface area contributed by atoms with Gasteiger partial charge < -0.3 is 10.1 Å². The summed E-state index contributed by atoms with van der Waals surface area (Å²) in [4.78, 5) is 1.32. The maximum absolute atomic E-state index is 12.1. The van der Waals surface area contributed by atoms with E-state index in [1.54, 1.807) is 35.6 Å². The fourth-order valence-electron chi connectivity index (χ4n) is 1.95. The number of rotatable bonds is 7. The van der Waals surface area contributed by atoms with Crippen LogP contribution in [-0.4, -0.2) is 13.2 Å². The van der Waals surface area contributed by atoms with Crippen molar-refractivity contribution in [2.75, 3.05) is 6.54 Å². The Morgan fingerprint density at radius 1 is 1.19 bits per heavy atom. The van der Waals surface area contributed by atoms with Gasteiger partial charge in [-0.05, 0) is 59.1 Å². The summed E-state index contributed by atoms with van der Waals surface area (Å²) in [5.41, 5.74) is 1.05. The summed E-state index contributed by atoms with van der Waals surface area (Å²) >= 11 is 5.18. The van der Waals surface area contributed by atoms with Gasteiger partial charge in [0, 0.05) is 17.5 Å². The van der Waals surface area contributed by atoms with Gasteiger partial charge in [0.05, 0.1) is 3.79 Å². The number of thiophene rings is 1. The number of halogens is 3. The summed E-state index contributed by atoms with van der Waals surface area (Å²) in [6.07, 6.45) is 0.965. The van der Waals surface area contributed by atoms with Crippen molar-refractivity contribution in [1.29, 1.82) is 0 Å². The summed E-state index contributed by atoms with van der Waals surface area (Å²) in [7, 11) is 0. The van der Waals surface area contributed by atoms with Crippen LogP contribution < -0.4 is 10.1 Å². The van der Waals surface area contributed by atoms with Gasteiger partial charge in [-0.15, -0.1) is 11.3 Å². The molecule has 0 saturated heterocycles. The van der Waals surface area contributed by atoms with Crippen LogP contribution >= 0.6 is 27.3 Å². The summed E-state index contributed by atoms with van der Waals surface area (Å²) in [6, 6.07) is 11.1. The Morgan fingerprint density at radius 2 is 1.90 bits per heavy atom. The van der Waals surface area contributed by atoms with E-state index in [2.05, 4.69) is 32.0 Å². The lowest BCUT2D eigenvalue weighted by Crippen LogP contribution is -2.21. The van der Waals surface area contributed by atoms with Crippen LogP contribution in [0.2, 0.25) is 0 Å². The second-order valence-corrected chi connectivity index (χ2v) is 7.13. The van der Waals surface area contributed by atoms with E-state index in [-0.39, 0.29) is 11.8 Å². The van der Waals surface area contributed by atoms with Crippen molar-refractivity contribution in [2.45, 2.75) is 26.0 Å². The Kier molecular flexibility index (Phi) is 6.14. The topological polar surface area (TPSA) is 21.3 Å². The summed E-state index contributed by atoms with van der Waals surface area (Å²) in [5.74, 6) is 0.185. The van der Waals surface area contributed by atoms with Crippen LogP contribution in [0.25, 0.3) is 0 Å². The largest absolute Gasteiger partial charge is 0.435 e. The molecule has 0 aliphatic rings. The van der Waals surface area contributed by atoms with Crippen molar-refractivity contribution >= 4 is 27.3 Å². The second-order valence-electron chi connectivity index (χ2n) is 4.58. The van der Waals surface area contributed by atoms with Gasteiger partial charge in [0.25, 0.3) is 0 Å². The fraction of sp³-hybridized carbons (Fsp3) is 0.333. The van der Waals surface area contributed by atoms with Crippen LogP contribution in [0.1, 0.15) is 23.4 Å². The number of alkyl halides is 2. The maximum Gasteiger partial charge on any atom is 0.387 e. The standard InChI is InChI=1S/C15H16BrF2NOS/c1-10(19-9-8-13-6-7-14(16)21-13)11-2-4-12(5-3-11)20-15(17)18/h2-7,10,15,19H,8-9H2,1H3. The Balaban J connectivity index is 1.81. The summed E-state index contributed by atoms with van der Waals surface area (Å²) in [5, 5.41) is 3.42. The highest BCUT2D eigenvalue weighted by Gasteiger charge is 2.07. The molecule has 2 aromatic rings. The molecule has 114 valence electrons. The third-order valence-corrected chi connectivity index (χ3v) is 4.74. The minimum absolute atomic E-state index is 0.161. The predicted octanol–water partition coefficient (Wildman–Crippen LogP) is 5.01. The Hall–Kier alpha value is -0.980. The van der Waals surface area contributed by atoms with Gasteiger partial charge in [-0.3, -0.25) is 0 Å². The van der Waals surface area contributed by atoms with Crippen LogP contribution in [-0.2, 0) is 6.42 Å². The van der Waals surface area contributed by atoms with Crippen molar-refractivity contribution in [1.82, 2.24) is 5.32 Å². The highest BCUT2D eigenvalue weighted by Crippen LogP contribution is 2.23. The molecule has 1 heterocycles. The van der Waals surface area contributed by atoms with Crippen LogP contribution in [0, 0.1) is 0 Å². The van der Waals surface area contributed by atoms with E-state index in [0.29, 0.717) is 0 Å². The van der Waals surface area contributed by atoms with E-state index < -0.39 is 6.61 Å². The second kappa shape index (κ2) is 7.87. The Bertz CT molecular complexity index is 559. The molecule has 6 heteroatoms. The average Bonchev–Trinajstić information content (AvgIpc) is 2.84. The van der Waals surface area contributed by atoms with E-state index in [1.807, 2.05) is 13.0 Å². The van der Waals surface area contributed by atoms with Gasteiger partial charge in [0.2, 0.25) is 0 Å². The lowest BCUT2D eigenvalue weighted by atomic mass is 10.1. The zero-order valence-corrected chi connectivity index (χ0v) is 13.9. The molecular formula is C15H16BrF2NOS. The van der Waals surface area contributed by atoms with Crippen LogP contribution in [0.3, 0.4) is 0 Å². The van der Waals surface area contributed by atoms with Gasteiger partial charge in [0.1, 0.15) is 5.75 Å². The van der Waals surface area contributed by atoms with Gasteiger partial charge in [-0.1, -0.05) is 12.1 Å². The number of benzene rings is 1. The molecule has 0 fully saturated rings. The normalized spacial score (nSPS) is 12.6. The van der Waals surface area contributed by atoms with E-state index in [0.717, 1.165) is 22.3 Å². The minimum Gasteiger partial charge on any atom is -0.435 e. The SMILES string of the molecule is CC(NCCc1ccc(Br)s1)c1ccc(OC(F)F)cc1. The van der Waals surface area contributed by atoms with E-state index in [1.165, 1.54) is 4.88 Å². The molecular weight excluding hydrogens is 360 g/mol. The molecule has 2 nitrogen and oxygen atoms in total. The molecule has 0 amide bonds. The first-order valence-electron chi connectivity index (χ1n) is 6.57. The molecule has 0 radical (unpaired) electrons. The molecule has 0 aliphatic heterocycles. The van der Waals surface area contributed by atoms with Gasteiger partial charge in [-0.25, -0.2) is 0 Å². The number of ether oxygens (including phenoxy) is 1. The first-order valence-corrected chi connectivity index (χ1v) is 8.18. The Labute approximate surface area is 135 Å². The summed E-state index contributed by atoms with van der Waals surface area (Å²) < 4.78 is 29.6. The van der Waals surface area contributed by atoms with Gasteiger partial charge in [0.15, 0.2) is 0 Å². The molecule has 1 unspecified atom stereocenters. The fourth-order valence-corrected chi connectivity index (χ4v) is 3.44. The monoisotopic (exact) mass is 375 g/mol. The van der Waals surface area contributed by atoms with Crippen LogP contribution in [0.4, 0.5) is 8.78 Å². The molecule has 0 saturated carbocycles. The van der Waals surface area contributed by atoms with Crippen LogP contribution in [0.15, 0.2) is 40.2 Å². The molecule has 21 heavy (non-hydrogen) atoms. The van der Waals surface area contributed by atoms with Crippen molar-refractivity contribution in [3.8, 4) is 5.75 Å². The number of hydrogen-bond acceptors (Lipinski definition) is 3. The van der Waals surface area contributed by atoms with Crippen molar-refractivity contribution in [3.05, 3.63) is 50.6 Å². The number of nitrogens with one attached hydrogen (secondary N) is 1.